The maximum absolute atomic E-state index is 12.1. The Kier molecular flexibility index (Phi) is 4.37. The second-order valence-corrected chi connectivity index (χ2v) is 8.64. The highest BCUT2D eigenvalue weighted by molar-refractivity contribution is 7.92. The van der Waals surface area contributed by atoms with Crippen LogP contribution in [0.2, 0.25) is 0 Å². The zero-order chi connectivity index (χ0) is 16.4. The molecule has 3 aromatic rings. The van der Waals surface area contributed by atoms with E-state index in [2.05, 4.69) is 9.71 Å². The Hall–Kier alpha value is -1.92. The maximum atomic E-state index is 12.1. The minimum absolute atomic E-state index is 0.0833. The molecule has 0 unspecified atom stereocenters. The SMILES string of the molecule is CC(C)CS(=O)(=O)Nc1cccc(-c2nc3ccccc3s2)c1. The molecule has 0 atom stereocenters. The summed E-state index contributed by atoms with van der Waals surface area (Å²) in [5, 5.41) is 0.885. The van der Waals surface area contributed by atoms with Crippen LogP contribution in [0.3, 0.4) is 0 Å². The van der Waals surface area contributed by atoms with Gasteiger partial charge >= 0.3 is 0 Å². The van der Waals surface area contributed by atoms with Crippen LogP contribution < -0.4 is 4.72 Å². The molecule has 0 fully saturated rings. The second-order valence-electron chi connectivity index (χ2n) is 5.84. The van der Waals surface area contributed by atoms with E-state index in [1.807, 2.05) is 56.3 Å². The molecule has 0 saturated heterocycles. The van der Waals surface area contributed by atoms with Crippen molar-refractivity contribution in [2.24, 2.45) is 5.92 Å². The Morgan fingerprint density at radius 3 is 2.65 bits per heavy atom. The molecule has 0 aliphatic carbocycles. The van der Waals surface area contributed by atoms with Crippen LogP contribution in [-0.2, 0) is 10.0 Å². The molecule has 0 radical (unpaired) electrons. The molecule has 1 heterocycles. The summed E-state index contributed by atoms with van der Waals surface area (Å²) in [5.74, 6) is 0.193. The first-order valence-corrected chi connectivity index (χ1v) is 9.86. The summed E-state index contributed by atoms with van der Waals surface area (Å²) in [4.78, 5) is 4.61. The topological polar surface area (TPSA) is 59.1 Å². The largest absolute Gasteiger partial charge is 0.284 e. The first-order chi connectivity index (χ1) is 10.9. The number of anilines is 1. The highest BCUT2D eigenvalue weighted by Gasteiger charge is 2.13. The van der Waals surface area contributed by atoms with Crippen molar-refractivity contribution in [1.82, 2.24) is 4.98 Å². The number of hydrogen-bond acceptors (Lipinski definition) is 4. The van der Waals surface area contributed by atoms with Crippen molar-refractivity contribution in [3.05, 3.63) is 48.5 Å². The molecule has 0 spiro atoms. The van der Waals surface area contributed by atoms with E-state index in [0.29, 0.717) is 5.69 Å². The number of para-hydroxylation sites is 1. The fourth-order valence-corrected chi connectivity index (χ4v) is 4.78. The van der Waals surface area contributed by atoms with Gasteiger partial charge in [0.25, 0.3) is 0 Å². The van der Waals surface area contributed by atoms with Gasteiger partial charge in [-0.05, 0) is 30.2 Å². The molecule has 6 heteroatoms. The van der Waals surface area contributed by atoms with Crippen molar-refractivity contribution in [2.45, 2.75) is 13.8 Å². The fraction of sp³-hybridized carbons (Fsp3) is 0.235. The summed E-state index contributed by atoms with van der Waals surface area (Å²) in [7, 11) is -3.32. The minimum Gasteiger partial charge on any atom is -0.284 e. The lowest BCUT2D eigenvalue weighted by Gasteiger charge is -2.10. The second kappa shape index (κ2) is 6.29. The van der Waals surface area contributed by atoms with Crippen LogP contribution in [-0.4, -0.2) is 19.2 Å². The number of sulfonamides is 1. The van der Waals surface area contributed by atoms with E-state index < -0.39 is 10.0 Å². The van der Waals surface area contributed by atoms with Gasteiger partial charge in [-0.3, -0.25) is 4.72 Å². The Labute approximate surface area is 140 Å². The quantitative estimate of drug-likeness (QED) is 0.746. The lowest BCUT2D eigenvalue weighted by Crippen LogP contribution is -2.19. The van der Waals surface area contributed by atoms with E-state index in [9.17, 15) is 8.42 Å². The number of thiazole rings is 1. The van der Waals surface area contributed by atoms with Gasteiger partial charge in [-0.15, -0.1) is 11.3 Å². The van der Waals surface area contributed by atoms with Gasteiger partial charge in [0.15, 0.2) is 0 Å². The molecule has 0 bridgehead atoms. The highest BCUT2D eigenvalue weighted by atomic mass is 32.2. The minimum atomic E-state index is -3.32. The molecular weight excluding hydrogens is 328 g/mol. The summed E-state index contributed by atoms with van der Waals surface area (Å²) in [6, 6.07) is 15.3. The van der Waals surface area contributed by atoms with Crippen LogP contribution in [0.4, 0.5) is 5.69 Å². The van der Waals surface area contributed by atoms with Crippen LogP contribution in [0.5, 0.6) is 0 Å². The molecular formula is C17H18N2O2S2. The number of nitrogens with one attached hydrogen (secondary N) is 1. The molecule has 120 valence electrons. The molecule has 0 aliphatic heterocycles. The average Bonchev–Trinajstić information content (AvgIpc) is 2.89. The summed E-state index contributed by atoms with van der Waals surface area (Å²) >= 11 is 1.60. The van der Waals surface area contributed by atoms with E-state index in [4.69, 9.17) is 0 Å². The Bertz CT molecular complexity index is 897. The molecule has 4 nitrogen and oxygen atoms in total. The van der Waals surface area contributed by atoms with Crippen LogP contribution in [0.1, 0.15) is 13.8 Å². The monoisotopic (exact) mass is 346 g/mol. The van der Waals surface area contributed by atoms with Crippen LogP contribution in [0.25, 0.3) is 20.8 Å². The number of hydrogen-bond donors (Lipinski definition) is 1. The Balaban J connectivity index is 1.90. The van der Waals surface area contributed by atoms with Gasteiger partial charge < -0.3 is 0 Å². The maximum Gasteiger partial charge on any atom is 0.232 e. The van der Waals surface area contributed by atoms with Crippen molar-refractivity contribution >= 4 is 37.3 Å². The predicted octanol–water partition coefficient (Wildman–Crippen LogP) is 4.36. The van der Waals surface area contributed by atoms with Crippen LogP contribution in [0, 0.1) is 5.92 Å². The van der Waals surface area contributed by atoms with E-state index >= 15 is 0 Å². The standard InChI is InChI=1S/C17H18N2O2S2/c1-12(2)11-23(20,21)19-14-7-5-6-13(10-14)17-18-15-8-3-4-9-16(15)22-17/h3-10,12,19H,11H2,1-2H3. The van der Waals surface area contributed by atoms with Gasteiger partial charge in [0.2, 0.25) is 10.0 Å². The smallest absolute Gasteiger partial charge is 0.232 e. The third-order valence-electron chi connectivity index (χ3n) is 3.23. The zero-order valence-electron chi connectivity index (χ0n) is 13.0. The van der Waals surface area contributed by atoms with Crippen molar-refractivity contribution in [2.75, 3.05) is 10.5 Å². The average molecular weight is 346 g/mol. The van der Waals surface area contributed by atoms with Gasteiger partial charge in [0.1, 0.15) is 5.01 Å². The van der Waals surface area contributed by atoms with Gasteiger partial charge in [-0.1, -0.05) is 38.1 Å². The number of aromatic nitrogens is 1. The fourth-order valence-electron chi connectivity index (χ4n) is 2.37. The molecule has 0 saturated carbocycles. The molecule has 1 aromatic heterocycles. The predicted molar refractivity (Wildman–Crippen MR) is 97.3 cm³/mol. The van der Waals surface area contributed by atoms with Gasteiger partial charge in [0.05, 0.1) is 16.0 Å². The molecule has 2 aromatic carbocycles. The van der Waals surface area contributed by atoms with E-state index in [0.717, 1.165) is 20.8 Å². The van der Waals surface area contributed by atoms with Crippen molar-refractivity contribution in [1.29, 1.82) is 0 Å². The third kappa shape index (κ3) is 3.89. The van der Waals surface area contributed by atoms with Gasteiger partial charge in [-0.25, -0.2) is 13.4 Å². The Morgan fingerprint density at radius 2 is 1.91 bits per heavy atom. The van der Waals surface area contributed by atoms with Crippen LogP contribution in [0.15, 0.2) is 48.5 Å². The lowest BCUT2D eigenvalue weighted by molar-refractivity contribution is 0.587. The first-order valence-electron chi connectivity index (χ1n) is 7.39. The van der Waals surface area contributed by atoms with Crippen LogP contribution >= 0.6 is 11.3 Å². The number of benzene rings is 2. The number of rotatable bonds is 5. The normalized spacial score (nSPS) is 12.0. The molecule has 0 amide bonds. The first kappa shape index (κ1) is 16.0. The zero-order valence-corrected chi connectivity index (χ0v) is 14.6. The molecule has 3 rings (SSSR count). The molecule has 23 heavy (non-hydrogen) atoms. The van der Waals surface area contributed by atoms with Crippen molar-refractivity contribution in [3.8, 4) is 10.6 Å². The molecule has 0 aliphatic rings. The van der Waals surface area contributed by atoms with E-state index in [1.165, 1.54) is 0 Å². The number of nitrogens with zero attached hydrogens (tertiary/aromatic N) is 1. The van der Waals surface area contributed by atoms with E-state index in [1.54, 1.807) is 17.4 Å². The summed E-state index contributed by atoms with van der Waals surface area (Å²) in [6.07, 6.45) is 0. The van der Waals surface area contributed by atoms with Crippen molar-refractivity contribution in [3.63, 3.8) is 0 Å². The number of fused-ring (bicyclic) bond motifs is 1. The van der Waals surface area contributed by atoms with Gasteiger partial charge in [-0.2, -0.15) is 0 Å². The highest BCUT2D eigenvalue weighted by Crippen LogP contribution is 2.31. The van der Waals surface area contributed by atoms with Crippen molar-refractivity contribution < 1.29 is 8.42 Å². The summed E-state index contributed by atoms with van der Waals surface area (Å²) in [6.45, 7) is 3.77. The third-order valence-corrected chi connectivity index (χ3v) is 5.97. The van der Waals surface area contributed by atoms with Gasteiger partial charge in [0, 0.05) is 11.3 Å². The van der Waals surface area contributed by atoms with E-state index in [-0.39, 0.29) is 11.7 Å². The Morgan fingerprint density at radius 1 is 1.13 bits per heavy atom. The summed E-state index contributed by atoms with van der Waals surface area (Å²) < 4.78 is 27.9. The lowest BCUT2D eigenvalue weighted by atomic mass is 10.2. The molecule has 1 N–H and O–H groups in total. The summed E-state index contributed by atoms with van der Waals surface area (Å²) in [5.41, 5.74) is 2.44.